The topological polar surface area (TPSA) is 61.7 Å². The number of amides is 1. The van der Waals surface area contributed by atoms with Crippen LogP contribution in [0.4, 0.5) is 4.39 Å². The van der Waals surface area contributed by atoms with Gasteiger partial charge < -0.3 is 5.11 Å². The molecule has 102 valence electrons. The van der Waals surface area contributed by atoms with Crippen molar-refractivity contribution in [3.63, 3.8) is 0 Å². The number of hydrogen-bond donors (Lipinski definition) is 2. The highest BCUT2D eigenvalue weighted by molar-refractivity contribution is 9.10. The SMILES string of the molecule is O=C(NN=Cc1cc(F)ccc1O)c1ccc(Br)cc1. The van der Waals surface area contributed by atoms with Crippen LogP contribution >= 0.6 is 15.9 Å². The van der Waals surface area contributed by atoms with Crippen LogP contribution in [0.1, 0.15) is 15.9 Å². The van der Waals surface area contributed by atoms with E-state index in [1.165, 1.54) is 12.3 Å². The zero-order chi connectivity index (χ0) is 14.5. The van der Waals surface area contributed by atoms with Gasteiger partial charge in [-0.2, -0.15) is 5.10 Å². The third kappa shape index (κ3) is 3.64. The Hall–Kier alpha value is -2.21. The third-order valence-electron chi connectivity index (χ3n) is 2.47. The highest BCUT2D eigenvalue weighted by atomic mass is 79.9. The molecule has 2 rings (SSSR count). The van der Waals surface area contributed by atoms with Crippen LogP contribution in [-0.4, -0.2) is 17.2 Å². The lowest BCUT2D eigenvalue weighted by Gasteiger charge is -2.01. The molecule has 0 saturated carbocycles. The molecule has 0 aromatic heterocycles. The summed E-state index contributed by atoms with van der Waals surface area (Å²) in [5.41, 5.74) is 2.92. The molecule has 0 spiro atoms. The molecule has 2 N–H and O–H groups in total. The number of carbonyl (C=O) groups is 1. The summed E-state index contributed by atoms with van der Waals surface area (Å²) in [6.07, 6.45) is 1.18. The zero-order valence-corrected chi connectivity index (χ0v) is 11.8. The Balaban J connectivity index is 2.04. The number of phenols is 1. The Labute approximate surface area is 123 Å². The minimum Gasteiger partial charge on any atom is -0.507 e. The summed E-state index contributed by atoms with van der Waals surface area (Å²) in [7, 11) is 0. The van der Waals surface area contributed by atoms with E-state index >= 15 is 0 Å². The Morgan fingerprint density at radius 1 is 1.25 bits per heavy atom. The van der Waals surface area contributed by atoms with Crippen molar-refractivity contribution < 1.29 is 14.3 Å². The number of aromatic hydroxyl groups is 1. The van der Waals surface area contributed by atoms with Crippen LogP contribution in [0.2, 0.25) is 0 Å². The zero-order valence-electron chi connectivity index (χ0n) is 10.2. The molecule has 0 atom stereocenters. The van der Waals surface area contributed by atoms with Gasteiger partial charge in [0.2, 0.25) is 0 Å². The molecule has 1 amide bonds. The van der Waals surface area contributed by atoms with Crippen molar-refractivity contribution in [1.82, 2.24) is 5.43 Å². The fraction of sp³-hybridized carbons (Fsp3) is 0. The van der Waals surface area contributed by atoms with E-state index in [2.05, 4.69) is 26.5 Å². The van der Waals surface area contributed by atoms with E-state index in [0.29, 0.717) is 5.56 Å². The van der Waals surface area contributed by atoms with Crippen LogP contribution < -0.4 is 5.43 Å². The number of nitrogens with one attached hydrogen (secondary N) is 1. The molecular formula is C14H10BrFN2O2. The molecule has 4 nitrogen and oxygen atoms in total. The second-order valence-electron chi connectivity index (χ2n) is 3.91. The number of carbonyl (C=O) groups excluding carboxylic acids is 1. The first-order chi connectivity index (χ1) is 9.56. The lowest BCUT2D eigenvalue weighted by molar-refractivity contribution is 0.0955. The molecule has 0 aliphatic rings. The molecule has 2 aromatic carbocycles. The second kappa shape index (κ2) is 6.29. The van der Waals surface area contributed by atoms with Gasteiger partial charge in [0.1, 0.15) is 11.6 Å². The standard InChI is InChI=1S/C14H10BrFN2O2/c15-11-3-1-9(2-4-11)14(20)18-17-8-10-7-12(16)5-6-13(10)19/h1-8,19H,(H,18,20). The predicted octanol–water partition coefficient (Wildman–Crippen LogP) is 3.06. The maximum Gasteiger partial charge on any atom is 0.271 e. The van der Waals surface area contributed by atoms with Crippen LogP contribution in [-0.2, 0) is 0 Å². The summed E-state index contributed by atoms with van der Waals surface area (Å²) in [6.45, 7) is 0. The van der Waals surface area contributed by atoms with E-state index in [1.807, 2.05) is 0 Å². The van der Waals surface area contributed by atoms with Crippen LogP contribution in [0.15, 0.2) is 52.0 Å². The lowest BCUT2D eigenvalue weighted by atomic mass is 10.2. The van der Waals surface area contributed by atoms with Crippen LogP contribution in [0.5, 0.6) is 5.75 Å². The van der Waals surface area contributed by atoms with Crippen molar-refractivity contribution in [3.05, 3.63) is 63.9 Å². The van der Waals surface area contributed by atoms with E-state index in [9.17, 15) is 14.3 Å². The van der Waals surface area contributed by atoms with E-state index in [4.69, 9.17) is 0 Å². The summed E-state index contributed by atoms with van der Waals surface area (Å²) in [5.74, 6) is -1.01. The number of nitrogens with zero attached hydrogens (tertiary/aromatic N) is 1. The number of rotatable bonds is 3. The van der Waals surface area contributed by atoms with Crippen molar-refractivity contribution in [2.45, 2.75) is 0 Å². The predicted molar refractivity (Wildman–Crippen MR) is 77.3 cm³/mol. The Morgan fingerprint density at radius 3 is 2.65 bits per heavy atom. The molecule has 0 heterocycles. The summed E-state index contributed by atoms with van der Waals surface area (Å²) in [6, 6.07) is 10.2. The molecule has 2 aromatic rings. The van der Waals surface area contributed by atoms with Crippen LogP contribution in [0, 0.1) is 5.82 Å². The second-order valence-corrected chi connectivity index (χ2v) is 4.82. The first kappa shape index (κ1) is 14.2. The van der Waals surface area contributed by atoms with Crippen molar-refractivity contribution in [3.8, 4) is 5.75 Å². The van der Waals surface area contributed by atoms with Crippen molar-refractivity contribution in [1.29, 1.82) is 0 Å². The van der Waals surface area contributed by atoms with Crippen molar-refractivity contribution in [2.75, 3.05) is 0 Å². The Bertz CT molecular complexity index is 657. The molecule has 0 fully saturated rings. The summed E-state index contributed by atoms with van der Waals surface area (Å²) < 4.78 is 13.8. The van der Waals surface area contributed by atoms with Crippen LogP contribution in [0.3, 0.4) is 0 Å². The fourth-order valence-corrected chi connectivity index (χ4v) is 1.72. The number of hydrazone groups is 1. The van der Waals surface area contributed by atoms with Gasteiger partial charge in [0.05, 0.1) is 6.21 Å². The van der Waals surface area contributed by atoms with Gasteiger partial charge in [0.15, 0.2) is 0 Å². The van der Waals surface area contributed by atoms with Gasteiger partial charge in [-0.05, 0) is 42.5 Å². The third-order valence-corrected chi connectivity index (χ3v) is 2.99. The minimum atomic E-state index is -0.497. The molecule has 20 heavy (non-hydrogen) atoms. The minimum absolute atomic E-state index is 0.118. The summed E-state index contributed by atoms with van der Waals surface area (Å²) in [4.78, 5) is 11.7. The molecule has 0 saturated heterocycles. The molecule has 6 heteroatoms. The quantitative estimate of drug-likeness (QED) is 0.668. The summed E-state index contributed by atoms with van der Waals surface area (Å²) in [5, 5.41) is 13.2. The van der Waals surface area contributed by atoms with Gasteiger partial charge in [0, 0.05) is 15.6 Å². The number of halogens is 2. The molecule has 0 unspecified atom stereocenters. The normalized spacial score (nSPS) is 10.7. The molecule has 0 radical (unpaired) electrons. The van der Waals surface area contributed by atoms with E-state index in [1.54, 1.807) is 24.3 Å². The first-order valence-corrected chi connectivity index (χ1v) is 6.43. The molecular weight excluding hydrogens is 327 g/mol. The maximum absolute atomic E-state index is 13.0. The highest BCUT2D eigenvalue weighted by Crippen LogP contribution is 2.15. The molecule has 0 bridgehead atoms. The maximum atomic E-state index is 13.0. The number of benzene rings is 2. The van der Waals surface area contributed by atoms with E-state index < -0.39 is 11.7 Å². The van der Waals surface area contributed by atoms with Crippen LogP contribution in [0.25, 0.3) is 0 Å². The van der Waals surface area contributed by atoms with Crippen molar-refractivity contribution in [2.24, 2.45) is 5.10 Å². The van der Waals surface area contributed by atoms with Gasteiger partial charge >= 0.3 is 0 Å². The molecule has 0 aliphatic heterocycles. The average Bonchev–Trinajstić information content (AvgIpc) is 2.43. The lowest BCUT2D eigenvalue weighted by Crippen LogP contribution is -2.17. The average molecular weight is 337 g/mol. The highest BCUT2D eigenvalue weighted by Gasteiger charge is 2.04. The Kier molecular flexibility index (Phi) is 4.47. The number of hydrogen-bond acceptors (Lipinski definition) is 3. The first-order valence-electron chi connectivity index (χ1n) is 5.64. The summed E-state index contributed by atoms with van der Waals surface area (Å²) >= 11 is 3.27. The van der Waals surface area contributed by atoms with Gasteiger partial charge in [-0.1, -0.05) is 15.9 Å². The van der Waals surface area contributed by atoms with Crippen molar-refractivity contribution >= 4 is 28.1 Å². The molecule has 0 aliphatic carbocycles. The van der Waals surface area contributed by atoms with Gasteiger partial charge in [-0.15, -0.1) is 0 Å². The van der Waals surface area contributed by atoms with E-state index in [-0.39, 0.29) is 11.3 Å². The van der Waals surface area contributed by atoms with Gasteiger partial charge in [0.25, 0.3) is 5.91 Å². The monoisotopic (exact) mass is 336 g/mol. The van der Waals surface area contributed by atoms with Gasteiger partial charge in [-0.25, -0.2) is 9.82 Å². The smallest absolute Gasteiger partial charge is 0.271 e. The number of phenolic OH excluding ortho intramolecular Hbond substituents is 1. The Morgan fingerprint density at radius 2 is 1.95 bits per heavy atom. The largest absolute Gasteiger partial charge is 0.507 e. The van der Waals surface area contributed by atoms with Gasteiger partial charge in [-0.3, -0.25) is 4.79 Å². The fourth-order valence-electron chi connectivity index (χ4n) is 1.46. The van der Waals surface area contributed by atoms with E-state index in [0.717, 1.165) is 16.6 Å².